The van der Waals surface area contributed by atoms with Gasteiger partial charge in [0.1, 0.15) is 5.69 Å². The highest BCUT2D eigenvalue weighted by atomic mass is 32.2. The van der Waals surface area contributed by atoms with E-state index in [1.165, 1.54) is 6.07 Å². The minimum Gasteiger partial charge on any atom is -0.318 e. The van der Waals surface area contributed by atoms with Crippen molar-refractivity contribution in [2.45, 2.75) is 38.1 Å². The van der Waals surface area contributed by atoms with Crippen molar-refractivity contribution in [3.63, 3.8) is 0 Å². The molecular weight excluding hydrogens is 296 g/mol. The van der Waals surface area contributed by atoms with Crippen LogP contribution in [0.2, 0.25) is 0 Å². The van der Waals surface area contributed by atoms with Crippen LogP contribution in [0.15, 0.2) is 23.1 Å². The highest BCUT2D eigenvalue weighted by Crippen LogP contribution is 2.26. The maximum absolute atomic E-state index is 12.2. The van der Waals surface area contributed by atoms with Crippen molar-refractivity contribution in [2.75, 3.05) is 5.43 Å². The number of benzene rings is 1. The number of hydrogen-bond donors (Lipinski definition) is 3. The third-order valence-electron chi connectivity index (χ3n) is 2.81. The number of nitrogens with zero attached hydrogens (tertiary/aromatic N) is 1. The number of hydrogen-bond acceptors (Lipinski definition) is 6. The first-order valence-electron chi connectivity index (χ1n) is 6.44. The van der Waals surface area contributed by atoms with Gasteiger partial charge in [0.05, 0.1) is 9.82 Å². The molecule has 0 spiro atoms. The van der Waals surface area contributed by atoms with Crippen molar-refractivity contribution in [1.82, 2.24) is 4.72 Å². The molecule has 0 aromatic heterocycles. The monoisotopic (exact) mass is 316 g/mol. The summed E-state index contributed by atoms with van der Waals surface area (Å²) in [5.41, 5.74) is 1.80. The zero-order valence-electron chi connectivity index (χ0n) is 12.2. The normalized spacial score (nSPS) is 13.2. The molecule has 0 aliphatic carbocycles. The summed E-state index contributed by atoms with van der Waals surface area (Å²) >= 11 is 0. The van der Waals surface area contributed by atoms with Gasteiger partial charge >= 0.3 is 0 Å². The van der Waals surface area contributed by atoms with Crippen LogP contribution in [0.3, 0.4) is 0 Å². The minimum absolute atomic E-state index is 0.0561. The first-order valence-corrected chi connectivity index (χ1v) is 7.93. The smallest absolute Gasteiger partial charge is 0.293 e. The molecule has 0 aliphatic rings. The number of nitrogens with one attached hydrogen (secondary N) is 2. The molecule has 0 saturated heterocycles. The molecular formula is C12H20N4O4S. The summed E-state index contributed by atoms with van der Waals surface area (Å²) in [5.74, 6) is 5.55. The summed E-state index contributed by atoms with van der Waals surface area (Å²) in [6, 6.07) is 3.20. The van der Waals surface area contributed by atoms with Gasteiger partial charge in [0, 0.05) is 12.1 Å². The topological polar surface area (TPSA) is 127 Å². The van der Waals surface area contributed by atoms with Gasteiger partial charge in [-0.05, 0) is 31.4 Å². The highest BCUT2D eigenvalue weighted by Gasteiger charge is 2.22. The zero-order valence-corrected chi connectivity index (χ0v) is 13.0. The molecule has 0 aliphatic heterocycles. The first kappa shape index (κ1) is 17.3. The molecule has 1 atom stereocenters. The fourth-order valence-electron chi connectivity index (χ4n) is 2.05. The van der Waals surface area contributed by atoms with E-state index in [0.717, 1.165) is 12.1 Å². The maximum Gasteiger partial charge on any atom is 0.293 e. The van der Waals surface area contributed by atoms with Crippen LogP contribution >= 0.6 is 0 Å². The Kier molecular flexibility index (Phi) is 5.64. The molecule has 21 heavy (non-hydrogen) atoms. The van der Waals surface area contributed by atoms with E-state index in [2.05, 4.69) is 10.1 Å². The zero-order chi connectivity index (χ0) is 16.2. The van der Waals surface area contributed by atoms with Crippen LogP contribution in [-0.4, -0.2) is 19.4 Å². The molecule has 0 heterocycles. The Morgan fingerprint density at radius 3 is 2.43 bits per heavy atom. The number of hydrazine groups is 1. The van der Waals surface area contributed by atoms with Gasteiger partial charge in [-0.3, -0.25) is 16.0 Å². The molecule has 9 heteroatoms. The van der Waals surface area contributed by atoms with Crippen molar-refractivity contribution >= 4 is 21.4 Å². The number of nitro groups is 1. The van der Waals surface area contributed by atoms with Gasteiger partial charge in [-0.15, -0.1) is 0 Å². The molecule has 1 aromatic rings. The van der Waals surface area contributed by atoms with E-state index in [9.17, 15) is 18.5 Å². The second kappa shape index (κ2) is 6.83. The molecule has 0 fully saturated rings. The van der Waals surface area contributed by atoms with Gasteiger partial charge in [0.25, 0.3) is 5.69 Å². The SMILES string of the molecule is CC(C)CC(C)NS(=O)(=O)c1ccc([N+](=O)[O-])c(NN)c1. The highest BCUT2D eigenvalue weighted by molar-refractivity contribution is 7.89. The maximum atomic E-state index is 12.2. The molecule has 118 valence electrons. The van der Waals surface area contributed by atoms with Crippen LogP contribution < -0.4 is 16.0 Å². The first-order chi connectivity index (χ1) is 9.67. The number of rotatable bonds is 7. The second-order valence-electron chi connectivity index (χ2n) is 5.23. The predicted molar refractivity (Wildman–Crippen MR) is 80.1 cm³/mol. The largest absolute Gasteiger partial charge is 0.318 e. The van der Waals surface area contributed by atoms with E-state index >= 15 is 0 Å². The third kappa shape index (κ3) is 4.66. The fraction of sp³-hybridized carbons (Fsp3) is 0.500. The Morgan fingerprint density at radius 1 is 1.33 bits per heavy atom. The summed E-state index contributed by atoms with van der Waals surface area (Å²) in [6.07, 6.45) is 0.689. The number of nitro benzene ring substituents is 1. The molecule has 0 radical (unpaired) electrons. The summed E-state index contributed by atoms with van der Waals surface area (Å²) in [4.78, 5) is 10.1. The molecule has 1 rings (SSSR count). The molecule has 0 amide bonds. The predicted octanol–water partition coefficient (Wildman–Crippen LogP) is 1.59. The van der Waals surface area contributed by atoms with Crippen molar-refractivity contribution in [2.24, 2.45) is 11.8 Å². The van der Waals surface area contributed by atoms with Gasteiger partial charge in [0.15, 0.2) is 0 Å². The van der Waals surface area contributed by atoms with Gasteiger partial charge in [-0.2, -0.15) is 0 Å². The third-order valence-corrected chi connectivity index (χ3v) is 4.40. The fourth-order valence-corrected chi connectivity index (χ4v) is 3.33. The van der Waals surface area contributed by atoms with E-state index < -0.39 is 14.9 Å². The van der Waals surface area contributed by atoms with Gasteiger partial charge < -0.3 is 5.43 Å². The van der Waals surface area contributed by atoms with Crippen LogP contribution in [0.4, 0.5) is 11.4 Å². The molecule has 1 unspecified atom stereocenters. The Bertz CT molecular complexity index is 616. The molecule has 0 bridgehead atoms. The molecule has 1 aromatic carbocycles. The lowest BCUT2D eigenvalue weighted by molar-refractivity contribution is -0.384. The van der Waals surface area contributed by atoms with Crippen LogP contribution in [0, 0.1) is 16.0 Å². The lowest BCUT2D eigenvalue weighted by Gasteiger charge is -2.16. The lowest BCUT2D eigenvalue weighted by atomic mass is 10.1. The lowest BCUT2D eigenvalue weighted by Crippen LogP contribution is -2.33. The summed E-state index contributed by atoms with van der Waals surface area (Å²) < 4.78 is 27.0. The van der Waals surface area contributed by atoms with E-state index in [1.54, 1.807) is 6.92 Å². The minimum atomic E-state index is -3.75. The molecule has 4 N–H and O–H groups in total. The van der Waals surface area contributed by atoms with Crippen LogP contribution in [0.5, 0.6) is 0 Å². The number of nitrogens with two attached hydrogens (primary N) is 1. The Morgan fingerprint density at radius 2 is 1.95 bits per heavy atom. The van der Waals surface area contributed by atoms with Gasteiger partial charge in [-0.25, -0.2) is 13.1 Å². The van der Waals surface area contributed by atoms with E-state index in [4.69, 9.17) is 5.84 Å². The van der Waals surface area contributed by atoms with Gasteiger partial charge in [0.2, 0.25) is 10.0 Å². The second-order valence-corrected chi connectivity index (χ2v) is 6.95. The van der Waals surface area contributed by atoms with E-state index in [-0.39, 0.29) is 22.3 Å². The summed E-state index contributed by atoms with van der Waals surface area (Å²) in [6.45, 7) is 5.76. The van der Waals surface area contributed by atoms with Crippen molar-refractivity contribution in [1.29, 1.82) is 0 Å². The average Bonchev–Trinajstić information content (AvgIpc) is 2.35. The van der Waals surface area contributed by atoms with Gasteiger partial charge in [-0.1, -0.05) is 13.8 Å². The summed E-state index contributed by atoms with van der Waals surface area (Å²) in [5, 5.41) is 10.8. The van der Waals surface area contributed by atoms with Crippen molar-refractivity contribution in [3.05, 3.63) is 28.3 Å². The summed E-state index contributed by atoms with van der Waals surface area (Å²) in [7, 11) is -3.75. The van der Waals surface area contributed by atoms with Crippen molar-refractivity contribution < 1.29 is 13.3 Å². The number of anilines is 1. The van der Waals surface area contributed by atoms with E-state index in [1.807, 2.05) is 13.8 Å². The number of nitrogen functional groups attached to an aromatic ring is 1. The van der Waals surface area contributed by atoms with Crippen molar-refractivity contribution in [3.8, 4) is 0 Å². The van der Waals surface area contributed by atoms with Crippen LogP contribution in [0.25, 0.3) is 0 Å². The van der Waals surface area contributed by atoms with Crippen LogP contribution in [0.1, 0.15) is 27.2 Å². The number of sulfonamides is 1. The molecule has 8 nitrogen and oxygen atoms in total. The Hall–Kier alpha value is -1.71. The quantitative estimate of drug-likeness (QED) is 0.398. The van der Waals surface area contributed by atoms with E-state index in [0.29, 0.717) is 12.3 Å². The average molecular weight is 316 g/mol. The Labute approximate surface area is 123 Å². The molecule has 0 saturated carbocycles. The standard InChI is InChI=1S/C12H20N4O4S/c1-8(2)6-9(3)15-21(19,20)10-4-5-12(16(17)18)11(7-10)14-13/h4-5,7-9,14-15H,6,13H2,1-3H3. The van der Waals surface area contributed by atoms with Crippen LogP contribution in [-0.2, 0) is 10.0 Å². The Balaban J connectivity index is 3.06.